The summed E-state index contributed by atoms with van der Waals surface area (Å²) in [4.78, 5) is 11.9. The van der Waals surface area contributed by atoms with Gasteiger partial charge in [0.15, 0.2) is 18.1 Å². The maximum absolute atomic E-state index is 11.9. The van der Waals surface area contributed by atoms with E-state index in [4.69, 9.17) is 9.47 Å². The first-order valence-corrected chi connectivity index (χ1v) is 9.51. The van der Waals surface area contributed by atoms with E-state index in [1.807, 2.05) is 25.1 Å². The van der Waals surface area contributed by atoms with Gasteiger partial charge in [-0.3, -0.25) is 4.79 Å². The minimum Gasteiger partial charge on any atom is -0.504 e. The Morgan fingerprint density at radius 2 is 2.00 bits per heavy atom. The first-order chi connectivity index (χ1) is 13.0. The lowest BCUT2D eigenvalue weighted by Crippen LogP contribution is -2.24. The van der Waals surface area contributed by atoms with Crippen molar-refractivity contribution in [3.63, 3.8) is 0 Å². The number of hydrogen-bond acceptors (Lipinski definition) is 5. The van der Waals surface area contributed by atoms with Crippen LogP contribution in [-0.4, -0.2) is 30.4 Å². The minimum absolute atomic E-state index is 0.0574. The monoisotopic (exact) mass is 434 g/mol. The number of hydrogen-bond donors (Lipinski definition) is 2. The van der Waals surface area contributed by atoms with E-state index >= 15 is 0 Å². The number of amides is 1. The number of nitrogens with one attached hydrogen (secondary N) is 1. The zero-order valence-corrected chi connectivity index (χ0v) is 17.0. The van der Waals surface area contributed by atoms with Crippen LogP contribution in [0.15, 0.2) is 46.0 Å². The van der Waals surface area contributed by atoms with Gasteiger partial charge in [-0.2, -0.15) is 5.10 Å². The van der Waals surface area contributed by atoms with Crippen molar-refractivity contribution in [2.75, 3.05) is 13.2 Å². The van der Waals surface area contributed by atoms with Crippen molar-refractivity contribution in [2.24, 2.45) is 5.10 Å². The first kappa shape index (κ1) is 20.8. The Kier molecular flexibility index (Phi) is 8.13. The van der Waals surface area contributed by atoms with Crippen LogP contribution in [0.25, 0.3) is 0 Å². The molecule has 0 saturated heterocycles. The lowest BCUT2D eigenvalue weighted by Gasteiger charge is -2.09. The van der Waals surface area contributed by atoms with Crippen LogP contribution >= 0.6 is 15.9 Å². The van der Waals surface area contributed by atoms with Gasteiger partial charge in [-0.05, 0) is 70.7 Å². The topological polar surface area (TPSA) is 80.2 Å². The van der Waals surface area contributed by atoms with Gasteiger partial charge in [0.05, 0.1) is 17.3 Å². The third-order valence-corrected chi connectivity index (χ3v) is 4.20. The van der Waals surface area contributed by atoms with Gasteiger partial charge in [-0.25, -0.2) is 5.43 Å². The van der Waals surface area contributed by atoms with E-state index in [2.05, 4.69) is 33.4 Å². The molecule has 0 radical (unpaired) electrons. The summed E-state index contributed by atoms with van der Waals surface area (Å²) < 4.78 is 11.6. The molecule has 1 amide bonds. The fraction of sp³-hybridized carbons (Fsp3) is 0.300. The van der Waals surface area contributed by atoms with Gasteiger partial charge in [-0.15, -0.1) is 0 Å². The molecule has 2 N–H and O–H groups in total. The second-order valence-corrected chi connectivity index (χ2v) is 6.61. The molecule has 0 aromatic heterocycles. The molecule has 2 aromatic rings. The number of carbonyl (C=O) groups is 1. The lowest BCUT2D eigenvalue weighted by atomic mass is 10.1. The fourth-order valence-electron chi connectivity index (χ4n) is 2.34. The van der Waals surface area contributed by atoms with E-state index < -0.39 is 0 Å². The number of aryl methyl sites for hydroxylation is 1. The Hall–Kier alpha value is -2.54. The zero-order chi connectivity index (χ0) is 19.6. The molecule has 0 aliphatic carbocycles. The number of phenols is 1. The second-order valence-electron chi connectivity index (χ2n) is 5.76. The molecule has 0 fully saturated rings. The van der Waals surface area contributed by atoms with Gasteiger partial charge >= 0.3 is 0 Å². The number of rotatable bonds is 9. The number of halogens is 1. The third-order valence-electron chi connectivity index (χ3n) is 3.58. The number of hydrazone groups is 1. The molecule has 7 heteroatoms. The standard InChI is InChI=1S/C20H23BrN2O4/c1-3-5-14-7-9-18(16(21)10-14)27-13-20(25)23-22-12-15-6-8-17(24)19(11-15)26-4-2/h6-12,24H,3-5,13H2,1-2H3,(H,23,25)/b22-12+. The Balaban J connectivity index is 1.86. The number of phenolic OH excluding ortho intramolecular Hbond substituents is 1. The number of nitrogens with zero attached hydrogens (tertiary/aromatic N) is 1. The molecule has 2 aromatic carbocycles. The van der Waals surface area contributed by atoms with Crippen LogP contribution < -0.4 is 14.9 Å². The summed E-state index contributed by atoms with van der Waals surface area (Å²) in [5.74, 6) is 0.655. The second kappa shape index (κ2) is 10.6. The molecule has 144 valence electrons. The molecule has 0 unspecified atom stereocenters. The molecule has 0 atom stereocenters. The van der Waals surface area contributed by atoms with E-state index in [0.29, 0.717) is 23.7 Å². The van der Waals surface area contributed by atoms with E-state index in [9.17, 15) is 9.90 Å². The number of benzene rings is 2. The van der Waals surface area contributed by atoms with E-state index in [1.165, 1.54) is 17.8 Å². The van der Waals surface area contributed by atoms with Crippen molar-refractivity contribution in [1.29, 1.82) is 0 Å². The molecular formula is C20H23BrN2O4. The Labute approximate surface area is 167 Å². The molecule has 0 aliphatic rings. The van der Waals surface area contributed by atoms with Gasteiger partial charge in [0, 0.05) is 0 Å². The molecule has 0 heterocycles. The summed E-state index contributed by atoms with van der Waals surface area (Å²) in [6.45, 7) is 4.25. The molecule has 0 saturated carbocycles. The highest BCUT2D eigenvalue weighted by molar-refractivity contribution is 9.10. The molecule has 0 spiro atoms. The predicted molar refractivity (Wildman–Crippen MR) is 109 cm³/mol. The van der Waals surface area contributed by atoms with E-state index in [0.717, 1.165) is 17.3 Å². The van der Waals surface area contributed by atoms with Gasteiger partial charge in [-0.1, -0.05) is 19.4 Å². The molecule has 0 bridgehead atoms. The molecular weight excluding hydrogens is 412 g/mol. The number of ether oxygens (including phenoxy) is 2. The highest BCUT2D eigenvalue weighted by Gasteiger charge is 2.06. The van der Waals surface area contributed by atoms with Crippen LogP contribution in [0.3, 0.4) is 0 Å². The average Bonchev–Trinajstić information content (AvgIpc) is 2.64. The van der Waals surface area contributed by atoms with Crippen LogP contribution in [0.4, 0.5) is 0 Å². The van der Waals surface area contributed by atoms with Crippen LogP contribution in [0.5, 0.6) is 17.2 Å². The third kappa shape index (κ3) is 6.60. The molecule has 0 aliphatic heterocycles. The zero-order valence-electron chi connectivity index (χ0n) is 15.4. The molecule has 6 nitrogen and oxygen atoms in total. The van der Waals surface area contributed by atoms with Gasteiger partial charge in [0.25, 0.3) is 5.91 Å². The predicted octanol–water partition coefficient (Wildman–Crippen LogP) is 4.04. The minimum atomic E-state index is -0.375. The number of aromatic hydroxyl groups is 1. The number of carbonyl (C=O) groups excluding carboxylic acids is 1. The fourth-order valence-corrected chi connectivity index (χ4v) is 2.88. The van der Waals surface area contributed by atoms with Crippen LogP contribution in [-0.2, 0) is 11.2 Å². The van der Waals surface area contributed by atoms with Crippen molar-refractivity contribution >= 4 is 28.1 Å². The lowest BCUT2D eigenvalue weighted by molar-refractivity contribution is -0.123. The summed E-state index contributed by atoms with van der Waals surface area (Å²) in [6, 6.07) is 10.6. The average molecular weight is 435 g/mol. The van der Waals surface area contributed by atoms with Crippen molar-refractivity contribution in [2.45, 2.75) is 26.7 Å². The SMILES string of the molecule is CCCc1ccc(OCC(=O)N/N=C/c2ccc(O)c(OCC)c2)c(Br)c1. The highest BCUT2D eigenvalue weighted by Crippen LogP contribution is 2.27. The van der Waals surface area contributed by atoms with Crippen molar-refractivity contribution in [3.05, 3.63) is 52.0 Å². The quantitative estimate of drug-likeness (QED) is 0.460. The van der Waals surface area contributed by atoms with Crippen LogP contribution in [0.2, 0.25) is 0 Å². The van der Waals surface area contributed by atoms with Crippen LogP contribution in [0, 0.1) is 0 Å². The normalized spacial score (nSPS) is 10.8. The largest absolute Gasteiger partial charge is 0.504 e. The summed E-state index contributed by atoms with van der Waals surface area (Å²) in [6.07, 6.45) is 3.53. The van der Waals surface area contributed by atoms with Crippen molar-refractivity contribution < 1.29 is 19.4 Å². The highest BCUT2D eigenvalue weighted by atomic mass is 79.9. The smallest absolute Gasteiger partial charge is 0.277 e. The summed E-state index contributed by atoms with van der Waals surface area (Å²) in [5, 5.41) is 13.6. The maximum atomic E-state index is 11.9. The first-order valence-electron chi connectivity index (χ1n) is 8.72. The summed E-state index contributed by atoms with van der Waals surface area (Å²) in [7, 11) is 0. The van der Waals surface area contributed by atoms with Gasteiger partial charge < -0.3 is 14.6 Å². The van der Waals surface area contributed by atoms with Crippen LogP contribution in [0.1, 0.15) is 31.4 Å². The Bertz CT molecular complexity index is 809. The summed E-state index contributed by atoms with van der Waals surface area (Å²) >= 11 is 3.46. The van der Waals surface area contributed by atoms with Gasteiger partial charge in [0.2, 0.25) is 0 Å². The maximum Gasteiger partial charge on any atom is 0.277 e. The molecule has 2 rings (SSSR count). The summed E-state index contributed by atoms with van der Waals surface area (Å²) in [5.41, 5.74) is 4.31. The molecule has 27 heavy (non-hydrogen) atoms. The van der Waals surface area contributed by atoms with E-state index in [-0.39, 0.29) is 18.3 Å². The van der Waals surface area contributed by atoms with E-state index in [1.54, 1.807) is 12.1 Å². The van der Waals surface area contributed by atoms with Crippen molar-refractivity contribution in [3.8, 4) is 17.2 Å². The van der Waals surface area contributed by atoms with Crippen molar-refractivity contribution in [1.82, 2.24) is 5.43 Å². The van der Waals surface area contributed by atoms with Gasteiger partial charge in [0.1, 0.15) is 5.75 Å². The Morgan fingerprint density at radius 1 is 1.19 bits per heavy atom. The Morgan fingerprint density at radius 3 is 2.70 bits per heavy atom.